The molecular formula is C10H4ClF2NO3. The zero-order valence-corrected chi connectivity index (χ0v) is 8.83. The predicted molar refractivity (Wildman–Crippen MR) is 53.8 cm³/mol. The van der Waals surface area contributed by atoms with E-state index < -0.39 is 23.3 Å². The van der Waals surface area contributed by atoms with E-state index in [1.165, 1.54) is 0 Å². The number of nitrogens with zero attached hydrogens (tertiary/aromatic N) is 1. The molecule has 0 saturated heterocycles. The standard InChI is InChI=1S/C10H4ClF2NO3/c11-7-8(10(15)16)14-17-9(7)5-3-4(12)1-2-6(5)13/h1-3H,(H,15,16). The normalized spacial score (nSPS) is 10.5. The van der Waals surface area contributed by atoms with Crippen molar-refractivity contribution in [1.29, 1.82) is 0 Å². The van der Waals surface area contributed by atoms with Crippen LogP contribution in [0.15, 0.2) is 22.7 Å². The minimum absolute atomic E-state index is 0.282. The molecule has 2 aromatic rings. The quantitative estimate of drug-likeness (QED) is 0.900. The van der Waals surface area contributed by atoms with Crippen molar-refractivity contribution < 1.29 is 23.2 Å². The number of halogens is 3. The second-order valence-corrected chi connectivity index (χ2v) is 3.48. The first kappa shape index (κ1) is 11.5. The molecule has 1 aromatic carbocycles. The predicted octanol–water partition coefficient (Wildman–Crippen LogP) is 2.97. The molecule has 0 spiro atoms. The third-order valence-electron chi connectivity index (χ3n) is 2.01. The first-order valence-electron chi connectivity index (χ1n) is 4.34. The fourth-order valence-corrected chi connectivity index (χ4v) is 1.50. The molecule has 0 amide bonds. The van der Waals surface area contributed by atoms with E-state index in [0.717, 1.165) is 18.2 Å². The number of aromatic nitrogens is 1. The number of benzene rings is 1. The summed E-state index contributed by atoms with van der Waals surface area (Å²) in [6.45, 7) is 0. The summed E-state index contributed by atoms with van der Waals surface area (Å²) < 4.78 is 30.9. The Bertz CT molecular complexity index is 597. The molecule has 88 valence electrons. The van der Waals surface area contributed by atoms with E-state index in [9.17, 15) is 13.6 Å². The van der Waals surface area contributed by atoms with Gasteiger partial charge in [-0.2, -0.15) is 0 Å². The Labute approximate surface area is 98.4 Å². The van der Waals surface area contributed by atoms with Gasteiger partial charge in [0.05, 0.1) is 5.56 Å². The summed E-state index contributed by atoms with van der Waals surface area (Å²) in [7, 11) is 0. The van der Waals surface area contributed by atoms with Crippen LogP contribution in [0.1, 0.15) is 10.5 Å². The van der Waals surface area contributed by atoms with Crippen LogP contribution in [0.2, 0.25) is 5.02 Å². The summed E-state index contributed by atoms with van der Waals surface area (Å²) in [5.74, 6) is -3.23. The molecule has 0 saturated carbocycles. The Kier molecular flexibility index (Phi) is 2.81. The third-order valence-corrected chi connectivity index (χ3v) is 2.36. The molecule has 2 rings (SSSR count). The Morgan fingerprint density at radius 1 is 1.41 bits per heavy atom. The maximum atomic E-state index is 13.4. The highest BCUT2D eigenvalue weighted by atomic mass is 35.5. The number of carboxylic acids is 1. The van der Waals surface area contributed by atoms with Crippen LogP contribution in [0, 0.1) is 11.6 Å². The maximum absolute atomic E-state index is 13.4. The number of carboxylic acid groups (broad SMARTS) is 1. The van der Waals surface area contributed by atoms with Gasteiger partial charge in [0.1, 0.15) is 16.7 Å². The lowest BCUT2D eigenvalue weighted by Gasteiger charge is -1.98. The zero-order valence-electron chi connectivity index (χ0n) is 8.08. The number of rotatable bonds is 2. The van der Waals surface area contributed by atoms with Crippen molar-refractivity contribution in [2.45, 2.75) is 0 Å². The van der Waals surface area contributed by atoms with E-state index in [0.29, 0.717) is 0 Å². The van der Waals surface area contributed by atoms with Gasteiger partial charge in [-0.15, -0.1) is 0 Å². The van der Waals surface area contributed by atoms with Crippen LogP contribution < -0.4 is 0 Å². The van der Waals surface area contributed by atoms with E-state index in [2.05, 4.69) is 9.68 Å². The van der Waals surface area contributed by atoms with E-state index >= 15 is 0 Å². The lowest BCUT2D eigenvalue weighted by atomic mass is 10.1. The van der Waals surface area contributed by atoms with Crippen LogP contribution in [-0.4, -0.2) is 16.2 Å². The third kappa shape index (κ3) is 1.99. The summed E-state index contributed by atoms with van der Waals surface area (Å²) in [4.78, 5) is 10.6. The van der Waals surface area contributed by atoms with Crippen molar-refractivity contribution in [1.82, 2.24) is 5.16 Å². The van der Waals surface area contributed by atoms with E-state index in [4.69, 9.17) is 16.7 Å². The molecule has 4 nitrogen and oxygen atoms in total. The SMILES string of the molecule is O=C(O)c1noc(-c2cc(F)ccc2F)c1Cl. The average Bonchev–Trinajstić information content (AvgIpc) is 2.64. The van der Waals surface area contributed by atoms with Crippen LogP contribution >= 0.6 is 11.6 Å². The van der Waals surface area contributed by atoms with Gasteiger partial charge in [-0.3, -0.25) is 0 Å². The van der Waals surface area contributed by atoms with Gasteiger partial charge in [0.25, 0.3) is 0 Å². The molecule has 0 aliphatic rings. The van der Waals surface area contributed by atoms with Gasteiger partial charge >= 0.3 is 5.97 Å². The lowest BCUT2D eigenvalue weighted by Crippen LogP contribution is -1.96. The van der Waals surface area contributed by atoms with Gasteiger partial charge in [0, 0.05) is 0 Å². The fourth-order valence-electron chi connectivity index (χ4n) is 1.25. The molecule has 17 heavy (non-hydrogen) atoms. The van der Waals surface area contributed by atoms with E-state index in [1.54, 1.807) is 0 Å². The Morgan fingerprint density at radius 3 is 2.71 bits per heavy atom. The maximum Gasteiger partial charge on any atom is 0.359 e. The van der Waals surface area contributed by atoms with Crippen molar-refractivity contribution in [3.05, 3.63) is 40.6 Å². The number of hydrogen-bond donors (Lipinski definition) is 1. The number of carbonyl (C=O) groups is 1. The van der Waals surface area contributed by atoms with Gasteiger partial charge in [-0.25, -0.2) is 13.6 Å². The summed E-state index contributed by atoms with van der Waals surface area (Å²) in [6, 6.07) is 2.64. The summed E-state index contributed by atoms with van der Waals surface area (Å²) in [5, 5.41) is 11.5. The minimum atomic E-state index is -1.41. The van der Waals surface area contributed by atoms with Gasteiger partial charge in [-0.1, -0.05) is 16.8 Å². The Morgan fingerprint density at radius 2 is 2.12 bits per heavy atom. The minimum Gasteiger partial charge on any atom is -0.476 e. The largest absolute Gasteiger partial charge is 0.476 e. The summed E-state index contributed by atoms with van der Waals surface area (Å²) in [5.41, 5.74) is -0.833. The monoisotopic (exact) mass is 259 g/mol. The Balaban J connectivity index is 2.61. The summed E-state index contributed by atoms with van der Waals surface area (Å²) >= 11 is 5.65. The van der Waals surface area contributed by atoms with E-state index in [1.807, 2.05) is 0 Å². The first-order valence-corrected chi connectivity index (χ1v) is 4.72. The van der Waals surface area contributed by atoms with Crippen LogP contribution in [0.5, 0.6) is 0 Å². The van der Waals surface area contributed by atoms with Crippen LogP contribution in [-0.2, 0) is 0 Å². The van der Waals surface area contributed by atoms with Crippen LogP contribution in [0.25, 0.3) is 11.3 Å². The van der Waals surface area contributed by atoms with Crippen LogP contribution in [0.3, 0.4) is 0 Å². The van der Waals surface area contributed by atoms with Gasteiger partial charge < -0.3 is 9.63 Å². The molecule has 0 radical (unpaired) electrons. The molecule has 0 unspecified atom stereocenters. The lowest BCUT2D eigenvalue weighted by molar-refractivity contribution is 0.0686. The highest BCUT2D eigenvalue weighted by Crippen LogP contribution is 2.32. The van der Waals surface area contributed by atoms with E-state index in [-0.39, 0.29) is 16.3 Å². The molecule has 0 aliphatic carbocycles. The molecule has 1 heterocycles. The Hall–Kier alpha value is -1.95. The molecule has 0 fully saturated rings. The topological polar surface area (TPSA) is 63.3 Å². The fraction of sp³-hybridized carbons (Fsp3) is 0. The van der Waals surface area contributed by atoms with Crippen molar-refractivity contribution in [2.75, 3.05) is 0 Å². The smallest absolute Gasteiger partial charge is 0.359 e. The number of hydrogen-bond acceptors (Lipinski definition) is 3. The molecule has 7 heteroatoms. The molecule has 0 bridgehead atoms. The summed E-state index contributed by atoms with van der Waals surface area (Å²) in [6.07, 6.45) is 0. The molecule has 0 aliphatic heterocycles. The highest BCUT2D eigenvalue weighted by molar-refractivity contribution is 6.35. The molecular weight excluding hydrogens is 256 g/mol. The average molecular weight is 260 g/mol. The second kappa shape index (κ2) is 4.14. The zero-order chi connectivity index (χ0) is 12.6. The molecule has 1 N–H and O–H groups in total. The van der Waals surface area contributed by atoms with Gasteiger partial charge in [0.2, 0.25) is 5.69 Å². The molecule has 1 aromatic heterocycles. The molecule has 0 atom stereocenters. The van der Waals surface area contributed by atoms with Crippen molar-refractivity contribution >= 4 is 17.6 Å². The second-order valence-electron chi connectivity index (χ2n) is 3.10. The van der Waals surface area contributed by atoms with Gasteiger partial charge in [-0.05, 0) is 18.2 Å². The van der Waals surface area contributed by atoms with Crippen molar-refractivity contribution in [2.24, 2.45) is 0 Å². The van der Waals surface area contributed by atoms with Crippen molar-refractivity contribution in [3.8, 4) is 11.3 Å². The van der Waals surface area contributed by atoms with Crippen molar-refractivity contribution in [3.63, 3.8) is 0 Å². The number of aromatic carboxylic acids is 1. The van der Waals surface area contributed by atoms with Gasteiger partial charge in [0.15, 0.2) is 5.76 Å². The first-order chi connectivity index (χ1) is 8.00. The highest BCUT2D eigenvalue weighted by Gasteiger charge is 2.23. The van der Waals surface area contributed by atoms with Crippen LogP contribution in [0.4, 0.5) is 8.78 Å².